The van der Waals surface area contributed by atoms with Crippen molar-refractivity contribution in [1.29, 1.82) is 0 Å². The van der Waals surface area contributed by atoms with Crippen molar-refractivity contribution >= 4 is 34.1 Å². The number of nitrogens with zero attached hydrogens (tertiary/aromatic N) is 2. The van der Waals surface area contributed by atoms with E-state index in [2.05, 4.69) is 11.1 Å². The Hall–Kier alpha value is -1.64. The Morgan fingerprint density at radius 2 is 1.62 bits per heavy atom. The van der Waals surface area contributed by atoms with Crippen LogP contribution in [-0.2, 0) is 0 Å². The molecule has 0 atom stereocenters. The number of aryl methyl sites for hydroxylation is 3. The van der Waals surface area contributed by atoms with Crippen molar-refractivity contribution in [2.75, 3.05) is 0 Å². The van der Waals surface area contributed by atoms with Crippen molar-refractivity contribution in [1.82, 2.24) is 9.97 Å². The first kappa shape index (κ1) is 14.3. The highest BCUT2D eigenvalue weighted by molar-refractivity contribution is 6.34. The smallest absolute Gasteiger partial charge is 0.161 e. The van der Waals surface area contributed by atoms with Gasteiger partial charge < -0.3 is 0 Å². The number of fused-ring (bicyclic) bond motifs is 1. The number of benzene rings is 2. The molecule has 0 aliphatic rings. The Labute approximate surface area is 133 Å². The fourth-order valence-electron chi connectivity index (χ4n) is 2.55. The normalized spacial score (nSPS) is 11.1. The fraction of sp³-hybridized carbons (Fsp3) is 0.176. The average molecular weight is 317 g/mol. The number of aromatic nitrogens is 2. The molecule has 0 saturated heterocycles. The molecular weight excluding hydrogens is 303 g/mol. The van der Waals surface area contributed by atoms with Crippen LogP contribution in [0.25, 0.3) is 22.3 Å². The molecule has 1 aromatic heterocycles. The van der Waals surface area contributed by atoms with E-state index in [0.717, 1.165) is 33.2 Å². The SMILES string of the molecule is Cc1cc(C)c2nc(-c3ccc(Cl)cc3C)nc(Cl)c2c1. The molecule has 4 heteroatoms. The van der Waals surface area contributed by atoms with E-state index in [-0.39, 0.29) is 0 Å². The lowest BCUT2D eigenvalue weighted by Gasteiger charge is -2.10. The minimum Gasteiger partial charge on any atom is -0.228 e. The van der Waals surface area contributed by atoms with Crippen LogP contribution in [0, 0.1) is 20.8 Å². The standard InChI is InChI=1S/C17H14Cl2N2/c1-9-6-11(3)15-14(7-9)16(19)21-17(20-15)13-5-4-12(18)8-10(13)2/h4-8H,1-3H3. The van der Waals surface area contributed by atoms with Crippen LogP contribution >= 0.6 is 23.2 Å². The van der Waals surface area contributed by atoms with E-state index >= 15 is 0 Å². The molecule has 3 aromatic rings. The van der Waals surface area contributed by atoms with Gasteiger partial charge in [0, 0.05) is 16.0 Å². The van der Waals surface area contributed by atoms with Crippen LogP contribution in [0.15, 0.2) is 30.3 Å². The number of hydrogen-bond donors (Lipinski definition) is 0. The second-order valence-corrected chi connectivity index (χ2v) is 6.07. The first-order valence-electron chi connectivity index (χ1n) is 6.67. The summed E-state index contributed by atoms with van der Waals surface area (Å²) in [6.45, 7) is 6.07. The molecule has 21 heavy (non-hydrogen) atoms. The van der Waals surface area contributed by atoms with Gasteiger partial charge in [0.1, 0.15) is 5.15 Å². The Kier molecular flexibility index (Phi) is 3.60. The van der Waals surface area contributed by atoms with Crippen molar-refractivity contribution in [3.8, 4) is 11.4 Å². The summed E-state index contributed by atoms with van der Waals surface area (Å²) in [5.41, 5.74) is 5.12. The summed E-state index contributed by atoms with van der Waals surface area (Å²) >= 11 is 12.4. The fourth-order valence-corrected chi connectivity index (χ4v) is 3.00. The topological polar surface area (TPSA) is 25.8 Å². The summed E-state index contributed by atoms with van der Waals surface area (Å²) < 4.78 is 0. The van der Waals surface area contributed by atoms with Crippen LogP contribution in [0.3, 0.4) is 0 Å². The number of halogens is 2. The van der Waals surface area contributed by atoms with E-state index < -0.39 is 0 Å². The molecule has 0 fully saturated rings. The van der Waals surface area contributed by atoms with Crippen LogP contribution in [0.1, 0.15) is 16.7 Å². The Bertz CT molecular complexity index is 857. The van der Waals surface area contributed by atoms with Gasteiger partial charge in [0.15, 0.2) is 5.82 Å². The van der Waals surface area contributed by atoms with E-state index in [4.69, 9.17) is 28.2 Å². The first-order chi connectivity index (χ1) is 9.95. The molecule has 106 valence electrons. The molecule has 2 nitrogen and oxygen atoms in total. The van der Waals surface area contributed by atoms with Crippen molar-refractivity contribution in [3.05, 3.63) is 57.2 Å². The quantitative estimate of drug-likeness (QED) is 0.552. The van der Waals surface area contributed by atoms with Crippen LogP contribution in [0.2, 0.25) is 10.2 Å². The van der Waals surface area contributed by atoms with Gasteiger partial charge in [-0.1, -0.05) is 34.8 Å². The molecule has 0 spiro atoms. The summed E-state index contributed by atoms with van der Waals surface area (Å²) in [5, 5.41) is 2.08. The van der Waals surface area contributed by atoms with Crippen LogP contribution in [0.4, 0.5) is 0 Å². The van der Waals surface area contributed by atoms with Gasteiger partial charge in [0.05, 0.1) is 5.52 Å². The summed E-state index contributed by atoms with van der Waals surface area (Å²) in [4.78, 5) is 9.15. The summed E-state index contributed by atoms with van der Waals surface area (Å²) in [6, 6.07) is 9.79. The molecule has 3 rings (SSSR count). The zero-order valence-corrected chi connectivity index (χ0v) is 13.5. The van der Waals surface area contributed by atoms with Crippen molar-refractivity contribution in [2.24, 2.45) is 0 Å². The summed E-state index contributed by atoms with van der Waals surface area (Å²) in [6.07, 6.45) is 0. The summed E-state index contributed by atoms with van der Waals surface area (Å²) in [7, 11) is 0. The highest BCUT2D eigenvalue weighted by Gasteiger charge is 2.12. The van der Waals surface area contributed by atoms with E-state index in [0.29, 0.717) is 16.0 Å². The molecule has 0 bridgehead atoms. The van der Waals surface area contributed by atoms with Gasteiger partial charge in [-0.25, -0.2) is 9.97 Å². The molecule has 0 N–H and O–H groups in total. The number of hydrogen-bond acceptors (Lipinski definition) is 2. The third kappa shape index (κ3) is 2.61. The van der Waals surface area contributed by atoms with Gasteiger partial charge in [0.25, 0.3) is 0 Å². The van der Waals surface area contributed by atoms with Crippen LogP contribution in [0.5, 0.6) is 0 Å². The van der Waals surface area contributed by atoms with Crippen molar-refractivity contribution in [2.45, 2.75) is 20.8 Å². The Morgan fingerprint density at radius 1 is 0.857 bits per heavy atom. The maximum absolute atomic E-state index is 6.36. The molecule has 2 aromatic carbocycles. The predicted molar refractivity (Wildman–Crippen MR) is 89.2 cm³/mol. The van der Waals surface area contributed by atoms with Gasteiger partial charge in [-0.2, -0.15) is 0 Å². The highest BCUT2D eigenvalue weighted by Crippen LogP contribution is 2.30. The van der Waals surface area contributed by atoms with E-state index in [1.807, 2.05) is 45.0 Å². The highest BCUT2D eigenvalue weighted by atomic mass is 35.5. The van der Waals surface area contributed by atoms with E-state index in [1.54, 1.807) is 0 Å². The van der Waals surface area contributed by atoms with Crippen molar-refractivity contribution < 1.29 is 0 Å². The van der Waals surface area contributed by atoms with E-state index in [9.17, 15) is 0 Å². The van der Waals surface area contributed by atoms with Crippen molar-refractivity contribution in [3.63, 3.8) is 0 Å². The minimum atomic E-state index is 0.483. The van der Waals surface area contributed by atoms with Crippen LogP contribution in [-0.4, -0.2) is 9.97 Å². The third-order valence-corrected chi connectivity index (χ3v) is 4.04. The Balaban J connectivity index is 2.30. The first-order valence-corrected chi connectivity index (χ1v) is 7.42. The van der Waals surface area contributed by atoms with Gasteiger partial charge in [-0.15, -0.1) is 0 Å². The van der Waals surface area contributed by atoms with Gasteiger partial charge in [-0.3, -0.25) is 0 Å². The largest absolute Gasteiger partial charge is 0.228 e. The lowest BCUT2D eigenvalue weighted by atomic mass is 10.1. The van der Waals surface area contributed by atoms with Gasteiger partial charge >= 0.3 is 0 Å². The van der Waals surface area contributed by atoms with E-state index in [1.165, 1.54) is 0 Å². The Morgan fingerprint density at radius 3 is 2.33 bits per heavy atom. The lowest BCUT2D eigenvalue weighted by molar-refractivity contribution is 1.20. The molecule has 0 amide bonds. The zero-order chi connectivity index (χ0) is 15.1. The van der Waals surface area contributed by atoms with Gasteiger partial charge in [-0.05, 0) is 56.2 Å². The molecule has 0 aliphatic carbocycles. The molecule has 0 saturated carbocycles. The lowest BCUT2D eigenvalue weighted by Crippen LogP contribution is -1.96. The van der Waals surface area contributed by atoms with Crippen LogP contribution < -0.4 is 0 Å². The average Bonchev–Trinajstić information content (AvgIpc) is 2.40. The minimum absolute atomic E-state index is 0.483. The molecule has 0 aliphatic heterocycles. The summed E-state index contributed by atoms with van der Waals surface area (Å²) in [5.74, 6) is 0.633. The predicted octanol–water partition coefficient (Wildman–Crippen LogP) is 5.53. The third-order valence-electron chi connectivity index (χ3n) is 3.52. The molecular formula is C17H14Cl2N2. The number of rotatable bonds is 1. The van der Waals surface area contributed by atoms with Gasteiger partial charge in [0.2, 0.25) is 0 Å². The monoisotopic (exact) mass is 316 g/mol. The maximum atomic E-state index is 6.36. The molecule has 0 unspecified atom stereocenters. The molecule has 1 heterocycles. The maximum Gasteiger partial charge on any atom is 0.161 e. The second kappa shape index (κ2) is 5.28. The molecule has 0 radical (unpaired) electrons. The second-order valence-electron chi connectivity index (χ2n) is 5.28. The zero-order valence-electron chi connectivity index (χ0n) is 12.0.